The normalized spacial score (nSPS) is 19.3. The molecule has 7 nitrogen and oxygen atoms in total. The number of anilines is 1. The Morgan fingerprint density at radius 3 is 2.17 bits per heavy atom. The number of ether oxygens (including phenoxy) is 1. The molecule has 0 atom stereocenters. The van der Waals surface area contributed by atoms with Crippen molar-refractivity contribution in [2.45, 2.75) is 89.7 Å². The van der Waals surface area contributed by atoms with Crippen LogP contribution in [-0.4, -0.2) is 52.7 Å². The second-order valence-electron chi connectivity index (χ2n) is 12.3. The van der Waals surface area contributed by atoms with E-state index in [0.717, 1.165) is 16.7 Å². The zero-order chi connectivity index (χ0) is 30.6. The molecule has 1 fully saturated rings. The standard InChI is InChI=1S/C31H41F3N2O5/c1-28(2,3)41-27(38)35-16-7-6-8-17-36(26(37)23-19-30(40,20-23)31(32,33)34)25-11-9-10-22(18-25)21-12-14-24(15-13-21)29(4,5)39/h9-15,18,23,39-40H,6-8,16-17,19-20H2,1-5H3,(H,35,38)/t23-,30+. The van der Waals surface area contributed by atoms with Crippen LogP contribution in [0.5, 0.6) is 0 Å². The van der Waals surface area contributed by atoms with E-state index in [4.69, 9.17) is 4.74 Å². The molecular weight excluding hydrogens is 537 g/mol. The molecule has 0 radical (unpaired) electrons. The van der Waals surface area contributed by atoms with Gasteiger partial charge in [0.05, 0.1) is 5.60 Å². The largest absolute Gasteiger partial charge is 0.444 e. The molecule has 226 valence electrons. The van der Waals surface area contributed by atoms with E-state index in [1.807, 2.05) is 36.4 Å². The molecule has 1 aliphatic rings. The van der Waals surface area contributed by atoms with Crippen molar-refractivity contribution in [2.75, 3.05) is 18.0 Å². The molecule has 0 saturated heterocycles. The fourth-order valence-corrected chi connectivity index (χ4v) is 4.75. The quantitative estimate of drug-likeness (QED) is 0.287. The summed E-state index contributed by atoms with van der Waals surface area (Å²) in [5.41, 5.74) is -1.47. The van der Waals surface area contributed by atoms with Crippen LogP contribution in [0.25, 0.3) is 11.1 Å². The first-order valence-corrected chi connectivity index (χ1v) is 13.9. The van der Waals surface area contributed by atoms with Gasteiger partial charge in [-0.2, -0.15) is 13.2 Å². The van der Waals surface area contributed by atoms with E-state index in [1.54, 1.807) is 46.8 Å². The summed E-state index contributed by atoms with van der Waals surface area (Å²) in [7, 11) is 0. The van der Waals surface area contributed by atoms with Gasteiger partial charge in [0, 0.05) is 24.7 Å². The van der Waals surface area contributed by atoms with Crippen molar-refractivity contribution < 1.29 is 37.7 Å². The highest BCUT2D eigenvalue weighted by atomic mass is 19.4. The molecule has 1 saturated carbocycles. The van der Waals surface area contributed by atoms with Gasteiger partial charge in [0.25, 0.3) is 0 Å². The third kappa shape index (κ3) is 8.69. The summed E-state index contributed by atoms with van der Waals surface area (Å²) in [4.78, 5) is 26.8. The van der Waals surface area contributed by atoms with Crippen molar-refractivity contribution in [1.82, 2.24) is 5.32 Å². The maximum Gasteiger partial charge on any atom is 0.417 e. The van der Waals surface area contributed by atoms with E-state index in [-0.39, 0.29) is 6.54 Å². The van der Waals surface area contributed by atoms with Gasteiger partial charge >= 0.3 is 12.3 Å². The van der Waals surface area contributed by atoms with Gasteiger partial charge in [-0.3, -0.25) is 4.79 Å². The lowest BCUT2D eigenvalue weighted by Crippen LogP contribution is -2.59. The lowest BCUT2D eigenvalue weighted by molar-refractivity contribution is -0.295. The van der Waals surface area contributed by atoms with Gasteiger partial charge in [0.1, 0.15) is 5.60 Å². The highest BCUT2D eigenvalue weighted by Crippen LogP contribution is 2.49. The molecule has 2 aromatic rings. The van der Waals surface area contributed by atoms with Crippen LogP contribution >= 0.6 is 0 Å². The smallest absolute Gasteiger partial charge is 0.417 e. The van der Waals surface area contributed by atoms with E-state index in [1.165, 1.54) is 4.90 Å². The molecule has 0 bridgehead atoms. The van der Waals surface area contributed by atoms with Gasteiger partial charge in [0.2, 0.25) is 5.91 Å². The number of carbonyl (C=O) groups is 2. The average Bonchev–Trinajstić information content (AvgIpc) is 2.84. The molecule has 0 aliphatic heterocycles. The fraction of sp³-hybridized carbons (Fsp3) is 0.548. The van der Waals surface area contributed by atoms with Crippen LogP contribution in [0.4, 0.5) is 23.7 Å². The first kappa shape index (κ1) is 32.4. The topological polar surface area (TPSA) is 99.1 Å². The van der Waals surface area contributed by atoms with Crippen molar-refractivity contribution >= 4 is 17.7 Å². The van der Waals surface area contributed by atoms with Crippen LogP contribution in [0.2, 0.25) is 0 Å². The maximum absolute atomic E-state index is 13.4. The first-order chi connectivity index (χ1) is 18.9. The molecular formula is C31H41F3N2O5. The minimum absolute atomic E-state index is 0.271. The fourth-order valence-electron chi connectivity index (χ4n) is 4.75. The number of alkyl carbamates (subject to hydrolysis) is 1. The second kappa shape index (κ2) is 12.4. The Morgan fingerprint density at radius 2 is 1.61 bits per heavy atom. The Bertz CT molecular complexity index is 1190. The van der Waals surface area contributed by atoms with E-state index < -0.39 is 53.7 Å². The number of alkyl halides is 3. The zero-order valence-corrected chi connectivity index (χ0v) is 24.3. The van der Waals surface area contributed by atoms with Gasteiger partial charge in [-0.1, -0.05) is 36.4 Å². The SMILES string of the molecule is CC(C)(C)OC(=O)NCCCCCN(c1cccc(-c2ccc(C(C)(C)O)cc2)c1)C(=O)[C@H]1C[C@](O)(C(F)(F)F)C1. The number of benzene rings is 2. The number of carbonyl (C=O) groups excluding carboxylic acids is 2. The van der Waals surface area contributed by atoms with Crippen LogP contribution in [0.15, 0.2) is 48.5 Å². The van der Waals surface area contributed by atoms with E-state index >= 15 is 0 Å². The zero-order valence-electron chi connectivity index (χ0n) is 24.3. The molecule has 10 heteroatoms. The van der Waals surface area contributed by atoms with Gasteiger partial charge in [0.15, 0.2) is 5.60 Å². The monoisotopic (exact) mass is 578 g/mol. The summed E-state index contributed by atoms with van der Waals surface area (Å²) in [6, 6.07) is 14.6. The van der Waals surface area contributed by atoms with E-state index in [9.17, 15) is 33.0 Å². The number of aliphatic hydroxyl groups is 2. The Kier molecular flexibility index (Phi) is 9.80. The maximum atomic E-state index is 13.4. The molecule has 0 spiro atoms. The highest BCUT2D eigenvalue weighted by Gasteiger charge is 2.63. The number of nitrogens with one attached hydrogen (secondary N) is 1. The number of hydrogen-bond donors (Lipinski definition) is 3. The summed E-state index contributed by atoms with van der Waals surface area (Å²) in [6.45, 7) is 9.37. The highest BCUT2D eigenvalue weighted by molar-refractivity contribution is 5.96. The number of unbranched alkanes of at least 4 members (excludes halogenated alkanes) is 2. The summed E-state index contributed by atoms with van der Waals surface area (Å²) < 4.78 is 44.9. The van der Waals surface area contributed by atoms with Crippen LogP contribution in [-0.2, 0) is 15.1 Å². The molecule has 0 unspecified atom stereocenters. The minimum atomic E-state index is -4.79. The van der Waals surface area contributed by atoms with E-state index in [2.05, 4.69) is 5.32 Å². The Labute approximate surface area is 239 Å². The molecule has 3 N–H and O–H groups in total. The second-order valence-corrected chi connectivity index (χ2v) is 12.3. The minimum Gasteiger partial charge on any atom is -0.444 e. The third-order valence-corrected chi connectivity index (χ3v) is 7.12. The number of hydrogen-bond acceptors (Lipinski definition) is 5. The van der Waals surface area contributed by atoms with Crippen LogP contribution < -0.4 is 10.2 Å². The molecule has 0 aromatic heterocycles. The summed E-state index contributed by atoms with van der Waals surface area (Å²) in [5, 5.41) is 22.9. The lowest BCUT2D eigenvalue weighted by atomic mass is 9.69. The Balaban J connectivity index is 1.71. The van der Waals surface area contributed by atoms with Crippen molar-refractivity contribution in [3.05, 3.63) is 54.1 Å². The van der Waals surface area contributed by atoms with Crippen molar-refractivity contribution in [2.24, 2.45) is 5.92 Å². The molecule has 0 heterocycles. The molecule has 1 aliphatic carbocycles. The Morgan fingerprint density at radius 1 is 0.976 bits per heavy atom. The number of nitrogens with zero attached hydrogens (tertiary/aromatic N) is 1. The summed E-state index contributed by atoms with van der Waals surface area (Å²) in [6.07, 6.45) is -4.77. The van der Waals surface area contributed by atoms with Crippen molar-refractivity contribution in [3.8, 4) is 11.1 Å². The lowest BCUT2D eigenvalue weighted by Gasteiger charge is -2.45. The van der Waals surface area contributed by atoms with E-state index in [0.29, 0.717) is 31.5 Å². The average molecular weight is 579 g/mol. The van der Waals surface area contributed by atoms with Crippen LogP contribution in [0.3, 0.4) is 0 Å². The van der Waals surface area contributed by atoms with Crippen molar-refractivity contribution in [1.29, 1.82) is 0 Å². The molecule has 2 amide bonds. The van der Waals surface area contributed by atoms with Gasteiger partial charge in [-0.05, 0) is 95.5 Å². The first-order valence-electron chi connectivity index (χ1n) is 13.9. The van der Waals surface area contributed by atoms with Crippen LogP contribution in [0, 0.1) is 5.92 Å². The number of amides is 2. The van der Waals surface area contributed by atoms with Crippen molar-refractivity contribution in [3.63, 3.8) is 0 Å². The number of halogens is 3. The predicted octanol–water partition coefficient (Wildman–Crippen LogP) is 6.31. The molecule has 3 rings (SSSR count). The van der Waals surface area contributed by atoms with Gasteiger partial charge in [-0.25, -0.2) is 4.79 Å². The van der Waals surface area contributed by atoms with Gasteiger partial charge in [-0.15, -0.1) is 0 Å². The number of rotatable bonds is 10. The summed E-state index contributed by atoms with van der Waals surface area (Å²) in [5.74, 6) is -1.40. The third-order valence-electron chi connectivity index (χ3n) is 7.12. The summed E-state index contributed by atoms with van der Waals surface area (Å²) >= 11 is 0. The molecule has 41 heavy (non-hydrogen) atoms. The Hall–Kier alpha value is -3.11. The van der Waals surface area contributed by atoms with Crippen LogP contribution in [0.1, 0.15) is 72.3 Å². The molecule has 2 aromatic carbocycles. The predicted molar refractivity (Wildman–Crippen MR) is 151 cm³/mol. The van der Waals surface area contributed by atoms with Gasteiger partial charge < -0.3 is 25.2 Å².